The Bertz CT molecular complexity index is 1460. The second kappa shape index (κ2) is 10.5. The van der Waals surface area contributed by atoms with Crippen molar-refractivity contribution in [3.63, 3.8) is 0 Å². The van der Waals surface area contributed by atoms with Crippen molar-refractivity contribution < 1.29 is 19.4 Å². The monoisotopic (exact) mass is 484 g/mol. The van der Waals surface area contributed by atoms with Crippen LogP contribution in [0.4, 0.5) is 5.69 Å². The summed E-state index contributed by atoms with van der Waals surface area (Å²) in [5.74, 6) is -1.07. The highest BCUT2D eigenvalue weighted by molar-refractivity contribution is 6.22. The van der Waals surface area contributed by atoms with E-state index in [1.165, 1.54) is 0 Å². The summed E-state index contributed by atoms with van der Waals surface area (Å²) < 4.78 is 5.09. The average molecular weight is 485 g/mol. The minimum atomic E-state index is -0.536. The number of primary amides is 1. The van der Waals surface area contributed by atoms with E-state index in [4.69, 9.17) is 15.5 Å². The van der Waals surface area contributed by atoms with Crippen molar-refractivity contribution in [3.05, 3.63) is 94.5 Å². The van der Waals surface area contributed by atoms with E-state index in [0.717, 1.165) is 11.1 Å². The first-order valence-electron chi connectivity index (χ1n) is 11.5. The van der Waals surface area contributed by atoms with E-state index >= 15 is 0 Å². The predicted octanol–water partition coefficient (Wildman–Crippen LogP) is 4.38. The number of amides is 1. The van der Waals surface area contributed by atoms with Crippen LogP contribution in [0.25, 0.3) is 10.9 Å². The van der Waals surface area contributed by atoms with Crippen LogP contribution in [0.3, 0.4) is 0 Å². The lowest BCUT2D eigenvalue weighted by atomic mass is 9.99. The van der Waals surface area contributed by atoms with Crippen molar-refractivity contribution in [1.82, 2.24) is 9.88 Å². The molecule has 0 fully saturated rings. The first-order valence-corrected chi connectivity index (χ1v) is 11.5. The van der Waals surface area contributed by atoms with Gasteiger partial charge in [0, 0.05) is 28.6 Å². The van der Waals surface area contributed by atoms with Gasteiger partial charge in [0.05, 0.1) is 29.1 Å². The Morgan fingerprint density at radius 3 is 2.44 bits per heavy atom. The summed E-state index contributed by atoms with van der Waals surface area (Å²) in [5, 5.41) is 11.6. The van der Waals surface area contributed by atoms with Crippen molar-refractivity contribution in [2.24, 2.45) is 10.7 Å². The zero-order chi connectivity index (χ0) is 25.8. The number of benzene rings is 3. The number of ether oxygens (including phenoxy) is 1. The predicted molar refractivity (Wildman–Crippen MR) is 140 cm³/mol. The molecule has 0 radical (unpaired) electrons. The molecular formula is C28H28N4O4. The molecule has 0 spiro atoms. The van der Waals surface area contributed by atoms with Gasteiger partial charge in [-0.05, 0) is 50.8 Å². The molecule has 0 atom stereocenters. The summed E-state index contributed by atoms with van der Waals surface area (Å²) in [6.07, 6.45) is 0. The first kappa shape index (κ1) is 24.7. The molecule has 0 saturated carbocycles. The normalized spacial score (nSPS) is 11.7. The Morgan fingerprint density at radius 2 is 1.78 bits per heavy atom. The number of hydrogen-bond donors (Lipinski definition) is 3. The van der Waals surface area contributed by atoms with E-state index in [1.807, 2.05) is 61.5 Å². The maximum Gasteiger partial charge on any atom is 0.338 e. The number of H-pyrrole nitrogens is 1. The summed E-state index contributed by atoms with van der Waals surface area (Å²) in [7, 11) is 3.83. The number of rotatable bonds is 8. The topological polar surface area (TPSA) is 121 Å². The van der Waals surface area contributed by atoms with Crippen LogP contribution >= 0.6 is 0 Å². The standard InChI is InChI=1S/C28H28N4O4/c1-4-36-28(35)18-11-13-21-23(14-18)31-27(34)24(21)25(17-8-6-5-7-9-17)30-20-12-10-19(16-32(2)3)22(15-20)26(29)33/h5-15,31,34H,4,16H2,1-3H3,(H2,29,33). The highest BCUT2D eigenvalue weighted by atomic mass is 16.5. The van der Waals surface area contributed by atoms with Crippen molar-refractivity contribution in [1.29, 1.82) is 0 Å². The van der Waals surface area contributed by atoms with Gasteiger partial charge in [-0.1, -0.05) is 42.5 Å². The van der Waals surface area contributed by atoms with Crippen molar-refractivity contribution in [2.75, 3.05) is 20.7 Å². The number of aromatic hydroxyl groups is 1. The number of aromatic amines is 1. The quantitative estimate of drug-likeness (QED) is 0.253. The van der Waals surface area contributed by atoms with Crippen molar-refractivity contribution >= 4 is 34.2 Å². The smallest absolute Gasteiger partial charge is 0.338 e. The van der Waals surface area contributed by atoms with Crippen LogP contribution in [0.15, 0.2) is 71.7 Å². The SMILES string of the molecule is CCOC(=O)c1ccc2c(C(=Nc3ccc(CN(C)C)c(C(N)=O)c3)c3ccccc3)c(O)[nH]c2c1. The van der Waals surface area contributed by atoms with E-state index in [9.17, 15) is 14.7 Å². The second-order valence-electron chi connectivity index (χ2n) is 8.60. The summed E-state index contributed by atoms with van der Waals surface area (Å²) >= 11 is 0. The fourth-order valence-electron chi connectivity index (χ4n) is 4.10. The molecule has 1 amide bonds. The number of nitrogens with two attached hydrogens (primary N) is 1. The van der Waals surface area contributed by atoms with Crippen LogP contribution in [0.5, 0.6) is 5.88 Å². The molecule has 3 aromatic carbocycles. The maximum atomic E-state index is 12.2. The Kier molecular flexibility index (Phi) is 7.17. The fraction of sp³-hybridized carbons (Fsp3) is 0.179. The molecule has 4 N–H and O–H groups in total. The van der Waals surface area contributed by atoms with E-state index in [-0.39, 0.29) is 12.5 Å². The maximum absolute atomic E-state index is 12.2. The lowest BCUT2D eigenvalue weighted by Gasteiger charge is -2.14. The zero-order valence-electron chi connectivity index (χ0n) is 20.4. The lowest BCUT2D eigenvalue weighted by Crippen LogP contribution is -2.18. The van der Waals surface area contributed by atoms with E-state index in [2.05, 4.69) is 4.98 Å². The molecule has 8 nitrogen and oxygen atoms in total. The molecule has 4 rings (SSSR count). The second-order valence-corrected chi connectivity index (χ2v) is 8.60. The Hall–Kier alpha value is -4.43. The van der Waals surface area contributed by atoms with Crippen LogP contribution in [-0.4, -0.2) is 53.3 Å². The molecule has 0 aliphatic heterocycles. The number of carbonyl (C=O) groups excluding carboxylic acids is 2. The third-order valence-corrected chi connectivity index (χ3v) is 5.66. The number of carbonyl (C=O) groups is 2. The number of aliphatic imine (C=N–C) groups is 1. The number of nitrogens with one attached hydrogen (secondary N) is 1. The van der Waals surface area contributed by atoms with Gasteiger partial charge in [0.15, 0.2) is 5.88 Å². The molecule has 36 heavy (non-hydrogen) atoms. The van der Waals surface area contributed by atoms with Gasteiger partial charge in [-0.3, -0.25) is 4.79 Å². The Labute approximate surface area is 209 Å². The lowest BCUT2D eigenvalue weighted by molar-refractivity contribution is 0.0526. The molecule has 0 bridgehead atoms. The number of fused-ring (bicyclic) bond motifs is 1. The molecule has 0 aliphatic rings. The van der Waals surface area contributed by atoms with Crippen LogP contribution in [0, 0.1) is 0 Å². The van der Waals surface area contributed by atoms with E-state index in [1.54, 1.807) is 31.2 Å². The fourth-order valence-corrected chi connectivity index (χ4v) is 4.10. The molecule has 1 heterocycles. The largest absolute Gasteiger partial charge is 0.494 e. The van der Waals surface area contributed by atoms with Gasteiger partial charge in [-0.25, -0.2) is 9.79 Å². The van der Waals surface area contributed by atoms with Gasteiger partial charge in [-0.2, -0.15) is 0 Å². The summed E-state index contributed by atoms with van der Waals surface area (Å²) in [6.45, 7) is 2.57. The summed E-state index contributed by atoms with van der Waals surface area (Å²) in [5.41, 5.74) is 10.0. The van der Waals surface area contributed by atoms with Gasteiger partial charge >= 0.3 is 5.97 Å². The molecule has 8 heteroatoms. The van der Waals surface area contributed by atoms with Gasteiger partial charge in [0.1, 0.15) is 0 Å². The summed E-state index contributed by atoms with van der Waals surface area (Å²) in [6, 6.07) is 19.8. The molecule has 0 aliphatic carbocycles. The van der Waals surface area contributed by atoms with Gasteiger partial charge < -0.3 is 25.5 Å². The minimum Gasteiger partial charge on any atom is -0.494 e. The number of nitrogens with zero attached hydrogens (tertiary/aromatic N) is 2. The Balaban J connectivity index is 1.89. The molecule has 0 saturated heterocycles. The van der Waals surface area contributed by atoms with Crippen LogP contribution in [0.1, 0.15) is 44.3 Å². The van der Waals surface area contributed by atoms with Crippen LogP contribution < -0.4 is 5.73 Å². The molecule has 0 unspecified atom stereocenters. The van der Waals surface area contributed by atoms with E-state index in [0.29, 0.717) is 45.5 Å². The average Bonchev–Trinajstić information content (AvgIpc) is 3.18. The van der Waals surface area contributed by atoms with Crippen molar-refractivity contribution in [2.45, 2.75) is 13.5 Å². The highest BCUT2D eigenvalue weighted by Crippen LogP contribution is 2.32. The molecule has 184 valence electrons. The van der Waals surface area contributed by atoms with E-state index < -0.39 is 11.9 Å². The number of esters is 1. The highest BCUT2D eigenvalue weighted by Gasteiger charge is 2.20. The third-order valence-electron chi connectivity index (χ3n) is 5.66. The molecule has 1 aromatic heterocycles. The van der Waals surface area contributed by atoms with Crippen LogP contribution in [-0.2, 0) is 11.3 Å². The molecular weight excluding hydrogens is 456 g/mol. The Morgan fingerprint density at radius 1 is 1.03 bits per heavy atom. The number of hydrogen-bond acceptors (Lipinski definition) is 6. The van der Waals surface area contributed by atoms with Crippen LogP contribution in [0.2, 0.25) is 0 Å². The summed E-state index contributed by atoms with van der Waals surface area (Å²) in [4.78, 5) is 34.1. The zero-order valence-corrected chi connectivity index (χ0v) is 20.4. The van der Waals surface area contributed by atoms with Gasteiger partial charge in [0.25, 0.3) is 0 Å². The first-order chi connectivity index (χ1) is 17.3. The van der Waals surface area contributed by atoms with Gasteiger partial charge in [0.2, 0.25) is 5.91 Å². The molecule has 4 aromatic rings. The minimum absolute atomic E-state index is 0.0898. The third kappa shape index (κ3) is 5.13. The van der Waals surface area contributed by atoms with Crippen molar-refractivity contribution in [3.8, 4) is 5.88 Å². The van der Waals surface area contributed by atoms with Gasteiger partial charge in [-0.15, -0.1) is 0 Å². The number of aromatic nitrogens is 1.